The summed E-state index contributed by atoms with van der Waals surface area (Å²) >= 11 is 0. The van der Waals surface area contributed by atoms with Gasteiger partial charge in [0.2, 0.25) is 0 Å². The molecule has 0 aliphatic carbocycles. The molecule has 0 aliphatic rings. The number of hydrogen-bond acceptors (Lipinski definition) is 3. The Labute approximate surface area is 108 Å². The van der Waals surface area contributed by atoms with Crippen LogP contribution < -0.4 is 4.74 Å². The van der Waals surface area contributed by atoms with Crippen molar-refractivity contribution in [2.45, 2.75) is 32.7 Å². The lowest BCUT2D eigenvalue weighted by molar-refractivity contribution is 0.414. The molecule has 96 valence electrons. The van der Waals surface area contributed by atoms with E-state index in [1.54, 1.807) is 7.11 Å². The smallest absolute Gasteiger partial charge is 0.118 e. The Kier molecular flexibility index (Phi) is 4.34. The van der Waals surface area contributed by atoms with Crippen molar-refractivity contribution in [2.75, 3.05) is 7.11 Å². The molecule has 1 heterocycles. The molecular weight excluding hydrogens is 226 g/mol. The SMILES string of the molecule is COc1ccc(CCCCn2cc(C)nn2)cc1. The molecule has 0 spiro atoms. The number of nitrogens with zero attached hydrogens (tertiary/aromatic N) is 3. The molecule has 0 bridgehead atoms. The van der Waals surface area contributed by atoms with Crippen molar-refractivity contribution in [1.29, 1.82) is 0 Å². The number of methoxy groups -OCH3 is 1. The maximum atomic E-state index is 5.14. The minimum absolute atomic E-state index is 0.914. The fourth-order valence-electron chi connectivity index (χ4n) is 1.90. The van der Waals surface area contributed by atoms with E-state index >= 15 is 0 Å². The minimum atomic E-state index is 0.914. The number of benzene rings is 1. The Balaban J connectivity index is 1.71. The number of rotatable bonds is 6. The summed E-state index contributed by atoms with van der Waals surface area (Å²) in [4.78, 5) is 0. The van der Waals surface area contributed by atoms with E-state index in [0.717, 1.165) is 37.3 Å². The molecule has 18 heavy (non-hydrogen) atoms. The molecular formula is C14H19N3O. The van der Waals surface area contributed by atoms with Crippen molar-refractivity contribution in [3.05, 3.63) is 41.7 Å². The predicted molar refractivity (Wildman–Crippen MR) is 70.7 cm³/mol. The van der Waals surface area contributed by atoms with E-state index in [9.17, 15) is 0 Å². The Bertz CT molecular complexity index is 476. The van der Waals surface area contributed by atoms with Crippen LogP contribution in [-0.2, 0) is 13.0 Å². The summed E-state index contributed by atoms with van der Waals surface area (Å²) in [5.74, 6) is 0.914. The van der Waals surface area contributed by atoms with Crippen LogP contribution in [0.15, 0.2) is 30.5 Å². The lowest BCUT2D eigenvalue weighted by Gasteiger charge is -2.03. The molecule has 0 radical (unpaired) electrons. The molecule has 0 atom stereocenters. The fourth-order valence-corrected chi connectivity index (χ4v) is 1.90. The van der Waals surface area contributed by atoms with Crippen LogP contribution in [0.4, 0.5) is 0 Å². The first-order valence-electron chi connectivity index (χ1n) is 6.27. The summed E-state index contributed by atoms with van der Waals surface area (Å²) in [6.07, 6.45) is 5.35. The van der Waals surface area contributed by atoms with Gasteiger partial charge in [0, 0.05) is 12.7 Å². The number of ether oxygens (including phenoxy) is 1. The lowest BCUT2D eigenvalue weighted by atomic mass is 10.1. The molecule has 0 saturated carbocycles. The highest BCUT2D eigenvalue weighted by molar-refractivity contribution is 5.27. The van der Waals surface area contributed by atoms with Crippen molar-refractivity contribution in [2.24, 2.45) is 0 Å². The van der Waals surface area contributed by atoms with Gasteiger partial charge in [-0.3, -0.25) is 4.68 Å². The molecule has 1 aromatic carbocycles. The van der Waals surface area contributed by atoms with Gasteiger partial charge in [0.05, 0.1) is 12.8 Å². The Morgan fingerprint density at radius 2 is 1.94 bits per heavy atom. The van der Waals surface area contributed by atoms with Crippen molar-refractivity contribution >= 4 is 0 Å². The second-order valence-corrected chi connectivity index (χ2v) is 4.43. The van der Waals surface area contributed by atoms with E-state index in [-0.39, 0.29) is 0 Å². The third-order valence-corrected chi connectivity index (χ3v) is 2.91. The van der Waals surface area contributed by atoms with Crippen LogP contribution in [0.5, 0.6) is 5.75 Å². The zero-order valence-corrected chi connectivity index (χ0v) is 11.0. The summed E-state index contributed by atoms with van der Waals surface area (Å²) in [5, 5.41) is 8.00. The van der Waals surface area contributed by atoms with Crippen LogP contribution >= 0.6 is 0 Å². The number of unbranched alkanes of at least 4 members (excludes halogenated alkanes) is 1. The van der Waals surface area contributed by atoms with E-state index in [0.29, 0.717) is 0 Å². The van der Waals surface area contributed by atoms with E-state index in [1.165, 1.54) is 5.56 Å². The molecule has 1 aromatic heterocycles. The summed E-state index contributed by atoms with van der Waals surface area (Å²) in [6.45, 7) is 2.90. The Morgan fingerprint density at radius 1 is 1.17 bits per heavy atom. The molecule has 4 heteroatoms. The highest BCUT2D eigenvalue weighted by Gasteiger charge is 1.97. The lowest BCUT2D eigenvalue weighted by Crippen LogP contribution is -1.99. The normalized spacial score (nSPS) is 10.6. The number of hydrogen-bond donors (Lipinski definition) is 0. The first-order valence-corrected chi connectivity index (χ1v) is 6.27. The summed E-state index contributed by atoms with van der Waals surface area (Å²) in [5.41, 5.74) is 2.33. The Hall–Kier alpha value is -1.84. The van der Waals surface area contributed by atoms with Crippen molar-refractivity contribution in [1.82, 2.24) is 15.0 Å². The van der Waals surface area contributed by atoms with Gasteiger partial charge in [-0.15, -0.1) is 5.10 Å². The highest BCUT2D eigenvalue weighted by Crippen LogP contribution is 2.13. The second-order valence-electron chi connectivity index (χ2n) is 4.43. The molecule has 0 fully saturated rings. The van der Waals surface area contributed by atoms with Crippen molar-refractivity contribution in [3.8, 4) is 5.75 Å². The van der Waals surface area contributed by atoms with Crippen LogP contribution in [-0.4, -0.2) is 22.1 Å². The first kappa shape index (κ1) is 12.6. The molecule has 0 unspecified atom stereocenters. The van der Waals surface area contributed by atoms with E-state index in [1.807, 2.05) is 29.9 Å². The second kappa shape index (κ2) is 6.19. The summed E-state index contributed by atoms with van der Waals surface area (Å²) < 4.78 is 7.04. The standard InChI is InChI=1S/C14H19N3O/c1-12-11-17(16-15-12)10-4-3-5-13-6-8-14(18-2)9-7-13/h6-9,11H,3-5,10H2,1-2H3. The highest BCUT2D eigenvalue weighted by atomic mass is 16.5. The van der Waals surface area contributed by atoms with E-state index in [4.69, 9.17) is 4.74 Å². The summed E-state index contributed by atoms with van der Waals surface area (Å²) in [7, 11) is 1.69. The fraction of sp³-hybridized carbons (Fsp3) is 0.429. The van der Waals surface area contributed by atoms with Gasteiger partial charge < -0.3 is 4.74 Å². The van der Waals surface area contributed by atoms with Gasteiger partial charge in [0.1, 0.15) is 5.75 Å². The summed E-state index contributed by atoms with van der Waals surface area (Å²) in [6, 6.07) is 8.27. The molecule has 0 aliphatic heterocycles. The van der Waals surface area contributed by atoms with E-state index in [2.05, 4.69) is 22.4 Å². The maximum absolute atomic E-state index is 5.14. The molecule has 2 aromatic rings. The molecule has 0 amide bonds. The zero-order chi connectivity index (χ0) is 12.8. The zero-order valence-electron chi connectivity index (χ0n) is 11.0. The van der Waals surface area contributed by atoms with Crippen LogP contribution in [0.25, 0.3) is 0 Å². The maximum Gasteiger partial charge on any atom is 0.118 e. The molecule has 4 nitrogen and oxygen atoms in total. The number of aromatic nitrogens is 3. The topological polar surface area (TPSA) is 39.9 Å². The largest absolute Gasteiger partial charge is 0.497 e. The van der Waals surface area contributed by atoms with Gasteiger partial charge in [0.15, 0.2) is 0 Å². The van der Waals surface area contributed by atoms with Gasteiger partial charge in [-0.1, -0.05) is 17.3 Å². The van der Waals surface area contributed by atoms with Gasteiger partial charge in [-0.05, 0) is 43.9 Å². The van der Waals surface area contributed by atoms with Crippen LogP contribution in [0, 0.1) is 6.92 Å². The third kappa shape index (κ3) is 3.58. The van der Waals surface area contributed by atoms with Crippen LogP contribution in [0.3, 0.4) is 0 Å². The van der Waals surface area contributed by atoms with Gasteiger partial charge >= 0.3 is 0 Å². The average Bonchev–Trinajstić information content (AvgIpc) is 2.81. The molecule has 0 N–H and O–H groups in total. The predicted octanol–water partition coefficient (Wildman–Crippen LogP) is 2.62. The van der Waals surface area contributed by atoms with Gasteiger partial charge in [-0.25, -0.2) is 0 Å². The van der Waals surface area contributed by atoms with Gasteiger partial charge in [0.25, 0.3) is 0 Å². The minimum Gasteiger partial charge on any atom is -0.497 e. The van der Waals surface area contributed by atoms with Crippen LogP contribution in [0.2, 0.25) is 0 Å². The number of aryl methyl sites for hydroxylation is 3. The van der Waals surface area contributed by atoms with Crippen LogP contribution in [0.1, 0.15) is 24.1 Å². The average molecular weight is 245 g/mol. The Morgan fingerprint density at radius 3 is 2.56 bits per heavy atom. The van der Waals surface area contributed by atoms with Gasteiger partial charge in [-0.2, -0.15) is 0 Å². The van der Waals surface area contributed by atoms with Crippen molar-refractivity contribution in [3.63, 3.8) is 0 Å². The monoisotopic (exact) mass is 245 g/mol. The third-order valence-electron chi connectivity index (χ3n) is 2.91. The molecule has 2 rings (SSSR count). The molecule has 0 saturated heterocycles. The van der Waals surface area contributed by atoms with Crippen molar-refractivity contribution < 1.29 is 4.74 Å². The first-order chi connectivity index (χ1) is 8.78. The quantitative estimate of drug-likeness (QED) is 0.734. The van der Waals surface area contributed by atoms with E-state index < -0.39 is 0 Å².